The number of halogens is 1. The van der Waals surface area contributed by atoms with Crippen molar-refractivity contribution in [3.8, 4) is 0 Å². The number of benzene rings is 1. The number of nitrogens with zero attached hydrogens (tertiary/aromatic N) is 2. The summed E-state index contributed by atoms with van der Waals surface area (Å²) in [5.74, 6) is 1.59. The molecule has 1 aliphatic heterocycles. The molecule has 1 amide bonds. The van der Waals surface area contributed by atoms with Gasteiger partial charge in [-0.15, -0.1) is 0 Å². The third-order valence-electron chi connectivity index (χ3n) is 5.62. The zero-order valence-corrected chi connectivity index (χ0v) is 18.3. The van der Waals surface area contributed by atoms with Gasteiger partial charge < -0.3 is 14.2 Å². The number of carbonyl (C=O) groups is 1. The van der Waals surface area contributed by atoms with Crippen LogP contribution in [0.3, 0.4) is 0 Å². The summed E-state index contributed by atoms with van der Waals surface area (Å²) in [6.07, 6.45) is 5.64. The molecule has 3 aromatic rings. The summed E-state index contributed by atoms with van der Waals surface area (Å²) < 4.78 is 11.0. The van der Waals surface area contributed by atoms with Crippen molar-refractivity contribution < 1.29 is 13.6 Å². The lowest BCUT2D eigenvalue weighted by Gasteiger charge is -2.29. The maximum atomic E-state index is 12.9. The van der Waals surface area contributed by atoms with Gasteiger partial charge in [-0.1, -0.05) is 29.8 Å². The van der Waals surface area contributed by atoms with Crippen molar-refractivity contribution in [2.45, 2.75) is 32.0 Å². The predicted molar refractivity (Wildman–Crippen MR) is 120 cm³/mol. The average molecular weight is 442 g/mol. The van der Waals surface area contributed by atoms with Crippen molar-refractivity contribution in [3.63, 3.8) is 0 Å². The van der Waals surface area contributed by atoms with E-state index in [0.29, 0.717) is 19.6 Å². The third-order valence-corrected chi connectivity index (χ3v) is 5.97. The Kier molecular flexibility index (Phi) is 7.46. The minimum atomic E-state index is -0.0330. The smallest absolute Gasteiger partial charge is 0.234 e. The molecule has 3 heterocycles. The van der Waals surface area contributed by atoms with E-state index in [4.69, 9.17) is 20.4 Å². The Labute approximate surface area is 187 Å². The fraction of sp³-hybridized carbons (Fsp3) is 0.375. The second-order valence-corrected chi connectivity index (χ2v) is 8.30. The second-order valence-electron chi connectivity index (χ2n) is 7.89. The molecule has 6 nitrogen and oxygen atoms in total. The van der Waals surface area contributed by atoms with Crippen LogP contribution >= 0.6 is 11.6 Å². The summed E-state index contributed by atoms with van der Waals surface area (Å²) in [6.45, 7) is 3.88. The molecule has 31 heavy (non-hydrogen) atoms. The zero-order valence-electron chi connectivity index (χ0n) is 17.5. The Morgan fingerprint density at radius 1 is 1.00 bits per heavy atom. The van der Waals surface area contributed by atoms with Crippen LogP contribution < -0.4 is 5.32 Å². The molecule has 1 atom stereocenters. The highest BCUT2D eigenvalue weighted by Gasteiger charge is 2.26. The summed E-state index contributed by atoms with van der Waals surface area (Å²) in [4.78, 5) is 17.3. The lowest BCUT2D eigenvalue weighted by atomic mass is 10.1. The molecule has 7 heteroatoms. The molecule has 0 radical (unpaired) electrons. The Morgan fingerprint density at radius 2 is 1.65 bits per heavy atom. The Hall–Kier alpha value is -2.54. The van der Waals surface area contributed by atoms with Crippen LogP contribution in [-0.4, -0.2) is 41.9 Å². The number of likely N-dealkylation sites (tertiary alicyclic amines) is 1. The first-order valence-electron chi connectivity index (χ1n) is 10.7. The standard InChI is InChI=1S/C24H28ClN3O3/c25-22-10-2-1-9-21(22)23(28-11-3-4-12-28)15-26-24(29)18-27(16-19-7-5-13-30-19)17-20-8-6-14-31-20/h1-2,5-10,13-14,23H,3-4,11-12,15-18H2,(H,26,29). The molecule has 164 valence electrons. The first-order valence-corrected chi connectivity index (χ1v) is 11.1. The SMILES string of the molecule is O=C(CN(Cc1ccco1)Cc1ccco1)NCC(c1ccccc1Cl)N1CCCC1. The summed E-state index contributed by atoms with van der Waals surface area (Å²) in [5, 5.41) is 3.87. The molecule has 0 spiro atoms. The molecule has 1 saturated heterocycles. The van der Waals surface area contributed by atoms with Gasteiger partial charge in [-0.25, -0.2) is 0 Å². The molecule has 1 N–H and O–H groups in total. The number of rotatable bonds is 10. The molecule has 0 bridgehead atoms. The monoisotopic (exact) mass is 441 g/mol. The number of furan rings is 2. The van der Waals surface area contributed by atoms with E-state index < -0.39 is 0 Å². The summed E-state index contributed by atoms with van der Waals surface area (Å²) in [5.41, 5.74) is 1.06. The number of hydrogen-bond acceptors (Lipinski definition) is 5. The summed E-state index contributed by atoms with van der Waals surface area (Å²) in [6, 6.07) is 15.5. The lowest BCUT2D eigenvalue weighted by Crippen LogP contribution is -2.41. The van der Waals surface area contributed by atoms with Crippen molar-refractivity contribution in [1.82, 2.24) is 15.1 Å². The van der Waals surface area contributed by atoms with E-state index in [0.717, 1.165) is 35.2 Å². The molecule has 4 rings (SSSR count). The van der Waals surface area contributed by atoms with Gasteiger partial charge in [-0.2, -0.15) is 0 Å². The van der Waals surface area contributed by atoms with Gasteiger partial charge in [-0.05, 0) is 61.8 Å². The fourth-order valence-electron chi connectivity index (χ4n) is 4.12. The first-order chi connectivity index (χ1) is 15.2. The molecule has 1 aromatic carbocycles. The molecular weight excluding hydrogens is 414 g/mol. The fourth-order valence-corrected chi connectivity index (χ4v) is 4.38. The molecular formula is C24H28ClN3O3. The van der Waals surface area contributed by atoms with Gasteiger partial charge in [0.05, 0.1) is 38.2 Å². The largest absolute Gasteiger partial charge is 0.468 e. The normalized spacial score (nSPS) is 15.4. The zero-order chi connectivity index (χ0) is 21.5. The minimum Gasteiger partial charge on any atom is -0.468 e. The van der Waals surface area contributed by atoms with Crippen LogP contribution in [0.2, 0.25) is 5.02 Å². The van der Waals surface area contributed by atoms with Crippen LogP contribution in [0.5, 0.6) is 0 Å². The molecule has 0 aliphatic carbocycles. The van der Waals surface area contributed by atoms with Gasteiger partial charge in [0, 0.05) is 11.6 Å². The Balaban J connectivity index is 1.40. The highest BCUT2D eigenvalue weighted by atomic mass is 35.5. The Bertz CT molecular complexity index is 901. The van der Waals surface area contributed by atoms with E-state index in [2.05, 4.69) is 16.3 Å². The highest BCUT2D eigenvalue weighted by molar-refractivity contribution is 6.31. The van der Waals surface area contributed by atoms with E-state index in [9.17, 15) is 4.79 Å². The van der Waals surface area contributed by atoms with Crippen LogP contribution in [-0.2, 0) is 17.9 Å². The van der Waals surface area contributed by atoms with Gasteiger partial charge in [-0.3, -0.25) is 14.6 Å². The summed E-state index contributed by atoms with van der Waals surface area (Å²) >= 11 is 6.49. The van der Waals surface area contributed by atoms with Crippen molar-refractivity contribution >= 4 is 17.5 Å². The summed E-state index contributed by atoms with van der Waals surface area (Å²) in [7, 11) is 0. The maximum absolute atomic E-state index is 12.9. The molecule has 0 saturated carbocycles. The molecule has 2 aromatic heterocycles. The number of nitrogens with one attached hydrogen (secondary N) is 1. The van der Waals surface area contributed by atoms with Gasteiger partial charge in [0.1, 0.15) is 11.5 Å². The highest BCUT2D eigenvalue weighted by Crippen LogP contribution is 2.29. The van der Waals surface area contributed by atoms with Gasteiger partial charge in [0.25, 0.3) is 0 Å². The van der Waals surface area contributed by atoms with Crippen LogP contribution in [0.25, 0.3) is 0 Å². The second kappa shape index (κ2) is 10.7. The Morgan fingerprint density at radius 3 is 2.23 bits per heavy atom. The van der Waals surface area contributed by atoms with Crippen LogP contribution in [0, 0.1) is 0 Å². The molecule has 1 aliphatic rings. The molecule has 1 fully saturated rings. The van der Waals surface area contributed by atoms with E-state index >= 15 is 0 Å². The van der Waals surface area contributed by atoms with Gasteiger partial charge in [0.2, 0.25) is 5.91 Å². The maximum Gasteiger partial charge on any atom is 0.234 e. The lowest BCUT2D eigenvalue weighted by molar-refractivity contribution is -0.122. The van der Waals surface area contributed by atoms with E-state index in [1.807, 2.05) is 47.4 Å². The van der Waals surface area contributed by atoms with Crippen molar-refractivity contribution in [3.05, 3.63) is 83.2 Å². The molecule has 1 unspecified atom stereocenters. The van der Waals surface area contributed by atoms with Crippen LogP contribution in [0.4, 0.5) is 0 Å². The number of hydrogen-bond donors (Lipinski definition) is 1. The van der Waals surface area contributed by atoms with Crippen LogP contribution in [0.1, 0.15) is 36.0 Å². The van der Waals surface area contributed by atoms with Crippen molar-refractivity contribution in [2.24, 2.45) is 0 Å². The third kappa shape index (κ3) is 6.00. The van der Waals surface area contributed by atoms with E-state index in [1.54, 1.807) is 12.5 Å². The minimum absolute atomic E-state index is 0.0330. The average Bonchev–Trinajstić information content (AvgIpc) is 3.53. The first kappa shape index (κ1) is 21.7. The van der Waals surface area contributed by atoms with E-state index in [-0.39, 0.29) is 18.5 Å². The topological polar surface area (TPSA) is 61.9 Å². The van der Waals surface area contributed by atoms with Gasteiger partial charge >= 0.3 is 0 Å². The van der Waals surface area contributed by atoms with Crippen LogP contribution in [0.15, 0.2) is 69.9 Å². The van der Waals surface area contributed by atoms with E-state index in [1.165, 1.54) is 12.8 Å². The number of carbonyl (C=O) groups excluding carboxylic acids is 1. The quantitative estimate of drug-likeness (QED) is 0.502. The number of amides is 1. The van der Waals surface area contributed by atoms with Crippen molar-refractivity contribution in [2.75, 3.05) is 26.2 Å². The predicted octanol–water partition coefficient (Wildman–Crippen LogP) is 4.48. The van der Waals surface area contributed by atoms with Crippen molar-refractivity contribution in [1.29, 1.82) is 0 Å². The van der Waals surface area contributed by atoms with Gasteiger partial charge in [0.15, 0.2) is 0 Å².